The van der Waals surface area contributed by atoms with E-state index in [9.17, 15) is 5.11 Å². The normalized spacial score (nSPS) is 10.4. The van der Waals surface area contributed by atoms with Gasteiger partial charge in [0.05, 0.1) is 0 Å². The Labute approximate surface area is 104 Å². The molecule has 0 aliphatic carbocycles. The van der Waals surface area contributed by atoms with Gasteiger partial charge in [-0.05, 0) is 41.3 Å². The van der Waals surface area contributed by atoms with Crippen molar-refractivity contribution in [2.45, 2.75) is 13.3 Å². The van der Waals surface area contributed by atoms with Gasteiger partial charge in [0.2, 0.25) is 0 Å². The fraction of sp³-hybridized carbons (Fsp3) is 0.143. The fourth-order valence-corrected chi connectivity index (χ4v) is 2.15. The number of rotatable bonds is 2. The summed E-state index contributed by atoms with van der Waals surface area (Å²) in [5.74, 6) is 0.281. The monoisotopic (exact) mass is 276 g/mol. The van der Waals surface area contributed by atoms with Gasteiger partial charge in [-0.3, -0.25) is 0 Å². The molecule has 0 amide bonds. The molecule has 16 heavy (non-hydrogen) atoms. The number of phenols is 1. The molecule has 0 atom stereocenters. The molecule has 2 aromatic rings. The molecule has 1 N–H and O–H groups in total. The Bertz CT molecular complexity index is 468. The maximum Gasteiger partial charge on any atom is 0.117 e. The standard InChI is InChI=1S/C14H13BrO/c1-2-10-3-5-11(6-4-10)12-7-13(15)9-14(16)8-12/h3-9,16H,2H2,1H3. The minimum Gasteiger partial charge on any atom is -0.508 e. The molecule has 1 nitrogen and oxygen atoms in total. The highest BCUT2D eigenvalue weighted by Crippen LogP contribution is 2.28. The molecule has 0 saturated carbocycles. The van der Waals surface area contributed by atoms with E-state index < -0.39 is 0 Å². The van der Waals surface area contributed by atoms with Crippen molar-refractivity contribution in [1.82, 2.24) is 0 Å². The van der Waals surface area contributed by atoms with E-state index in [1.807, 2.05) is 6.07 Å². The van der Waals surface area contributed by atoms with Crippen LogP contribution in [0.1, 0.15) is 12.5 Å². The zero-order chi connectivity index (χ0) is 11.5. The van der Waals surface area contributed by atoms with Gasteiger partial charge in [-0.15, -0.1) is 0 Å². The molecule has 2 rings (SSSR count). The van der Waals surface area contributed by atoms with Gasteiger partial charge in [0, 0.05) is 4.47 Å². The number of halogens is 1. The summed E-state index contributed by atoms with van der Waals surface area (Å²) >= 11 is 3.38. The van der Waals surface area contributed by atoms with Crippen LogP contribution in [0.15, 0.2) is 46.9 Å². The first-order chi connectivity index (χ1) is 7.69. The van der Waals surface area contributed by atoms with E-state index in [0.717, 1.165) is 22.0 Å². The molecule has 0 saturated heterocycles. The Balaban J connectivity index is 2.42. The number of phenolic OH excluding ortho intramolecular Hbond substituents is 1. The summed E-state index contributed by atoms with van der Waals surface area (Å²) in [5, 5.41) is 9.53. The van der Waals surface area contributed by atoms with E-state index in [2.05, 4.69) is 47.1 Å². The van der Waals surface area contributed by atoms with Gasteiger partial charge in [-0.1, -0.05) is 47.1 Å². The Morgan fingerprint density at radius 3 is 2.25 bits per heavy atom. The Hall–Kier alpha value is -1.28. The van der Waals surface area contributed by atoms with Crippen LogP contribution in [0.5, 0.6) is 5.75 Å². The van der Waals surface area contributed by atoms with E-state index in [1.165, 1.54) is 5.56 Å². The van der Waals surface area contributed by atoms with E-state index in [0.29, 0.717) is 0 Å². The SMILES string of the molecule is CCc1ccc(-c2cc(O)cc(Br)c2)cc1. The first-order valence-corrected chi connectivity index (χ1v) is 6.07. The van der Waals surface area contributed by atoms with Crippen LogP contribution < -0.4 is 0 Å². The van der Waals surface area contributed by atoms with E-state index in [-0.39, 0.29) is 5.75 Å². The Morgan fingerprint density at radius 1 is 1.00 bits per heavy atom. The smallest absolute Gasteiger partial charge is 0.117 e. The zero-order valence-electron chi connectivity index (χ0n) is 9.07. The highest BCUT2D eigenvalue weighted by molar-refractivity contribution is 9.10. The van der Waals surface area contributed by atoms with E-state index >= 15 is 0 Å². The lowest BCUT2D eigenvalue weighted by atomic mass is 10.0. The third kappa shape index (κ3) is 2.45. The summed E-state index contributed by atoms with van der Waals surface area (Å²) in [6.45, 7) is 2.14. The minimum atomic E-state index is 0.281. The summed E-state index contributed by atoms with van der Waals surface area (Å²) in [7, 11) is 0. The maximum atomic E-state index is 9.53. The second-order valence-electron chi connectivity index (χ2n) is 3.75. The lowest BCUT2D eigenvalue weighted by Crippen LogP contribution is -1.81. The Kier molecular flexibility index (Phi) is 3.30. The van der Waals surface area contributed by atoms with Crippen molar-refractivity contribution in [1.29, 1.82) is 0 Å². The van der Waals surface area contributed by atoms with Gasteiger partial charge in [-0.25, -0.2) is 0 Å². The van der Waals surface area contributed by atoms with Crippen LogP contribution in [0.25, 0.3) is 11.1 Å². The molecule has 0 radical (unpaired) electrons. The van der Waals surface area contributed by atoms with Crippen LogP contribution in [0, 0.1) is 0 Å². The molecule has 0 fully saturated rings. The van der Waals surface area contributed by atoms with E-state index in [1.54, 1.807) is 12.1 Å². The fourth-order valence-electron chi connectivity index (χ4n) is 1.67. The van der Waals surface area contributed by atoms with Crippen LogP contribution in [0.2, 0.25) is 0 Å². The van der Waals surface area contributed by atoms with Gasteiger partial charge >= 0.3 is 0 Å². The summed E-state index contributed by atoms with van der Waals surface area (Å²) < 4.78 is 0.891. The summed E-state index contributed by atoms with van der Waals surface area (Å²) in [4.78, 5) is 0. The minimum absolute atomic E-state index is 0.281. The van der Waals surface area contributed by atoms with Crippen LogP contribution in [0.3, 0.4) is 0 Å². The molecule has 82 valence electrons. The largest absolute Gasteiger partial charge is 0.508 e. The first-order valence-electron chi connectivity index (χ1n) is 5.28. The number of aryl methyl sites for hydroxylation is 1. The van der Waals surface area contributed by atoms with Crippen LogP contribution in [-0.2, 0) is 6.42 Å². The second kappa shape index (κ2) is 4.71. The van der Waals surface area contributed by atoms with Crippen molar-refractivity contribution in [3.05, 3.63) is 52.5 Å². The molecule has 2 heteroatoms. The quantitative estimate of drug-likeness (QED) is 0.863. The molecule has 0 unspecified atom stereocenters. The molecular formula is C14H13BrO. The van der Waals surface area contributed by atoms with Gasteiger partial charge < -0.3 is 5.11 Å². The van der Waals surface area contributed by atoms with E-state index in [4.69, 9.17) is 0 Å². The molecular weight excluding hydrogens is 264 g/mol. The highest BCUT2D eigenvalue weighted by Gasteiger charge is 2.01. The van der Waals surface area contributed by atoms with Crippen LogP contribution in [-0.4, -0.2) is 5.11 Å². The topological polar surface area (TPSA) is 20.2 Å². The molecule has 0 bridgehead atoms. The van der Waals surface area contributed by atoms with Gasteiger partial charge in [0.1, 0.15) is 5.75 Å². The highest BCUT2D eigenvalue weighted by atomic mass is 79.9. The first kappa shape index (κ1) is 11.2. The average molecular weight is 277 g/mol. The molecule has 0 aliphatic heterocycles. The third-order valence-electron chi connectivity index (χ3n) is 2.58. The number of benzene rings is 2. The van der Waals surface area contributed by atoms with Crippen molar-refractivity contribution >= 4 is 15.9 Å². The predicted octanol–water partition coefficient (Wildman–Crippen LogP) is 4.38. The van der Waals surface area contributed by atoms with Crippen LogP contribution >= 0.6 is 15.9 Å². The van der Waals surface area contributed by atoms with Gasteiger partial charge in [0.25, 0.3) is 0 Å². The van der Waals surface area contributed by atoms with Crippen LogP contribution in [0.4, 0.5) is 0 Å². The number of hydrogen-bond donors (Lipinski definition) is 1. The molecule has 0 aromatic heterocycles. The van der Waals surface area contributed by atoms with Crippen molar-refractivity contribution < 1.29 is 5.11 Å². The second-order valence-corrected chi connectivity index (χ2v) is 4.66. The number of hydrogen-bond acceptors (Lipinski definition) is 1. The lowest BCUT2D eigenvalue weighted by molar-refractivity contribution is 0.475. The van der Waals surface area contributed by atoms with Crippen molar-refractivity contribution in [2.75, 3.05) is 0 Å². The van der Waals surface area contributed by atoms with Gasteiger partial charge in [0.15, 0.2) is 0 Å². The summed E-state index contributed by atoms with van der Waals surface area (Å²) in [5.41, 5.74) is 3.46. The molecule has 0 heterocycles. The average Bonchev–Trinajstić information content (AvgIpc) is 2.28. The molecule has 0 spiro atoms. The van der Waals surface area contributed by atoms with Gasteiger partial charge in [-0.2, -0.15) is 0 Å². The number of aromatic hydroxyl groups is 1. The third-order valence-corrected chi connectivity index (χ3v) is 3.04. The van der Waals surface area contributed by atoms with Crippen molar-refractivity contribution in [3.63, 3.8) is 0 Å². The maximum absolute atomic E-state index is 9.53. The summed E-state index contributed by atoms with van der Waals surface area (Å²) in [6, 6.07) is 13.9. The zero-order valence-corrected chi connectivity index (χ0v) is 10.7. The lowest BCUT2D eigenvalue weighted by Gasteiger charge is -2.05. The molecule has 0 aliphatic rings. The predicted molar refractivity (Wildman–Crippen MR) is 70.6 cm³/mol. The molecule has 2 aromatic carbocycles. The van der Waals surface area contributed by atoms with Crippen molar-refractivity contribution in [2.24, 2.45) is 0 Å². The summed E-state index contributed by atoms with van der Waals surface area (Å²) in [6.07, 6.45) is 1.05. The van der Waals surface area contributed by atoms with Crippen molar-refractivity contribution in [3.8, 4) is 16.9 Å². The Morgan fingerprint density at radius 2 is 1.69 bits per heavy atom.